The van der Waals surface area contributed by atoms with Gasteiger partial charge in [-0.15, -0.1) is 12.8 Å². The summed E-state index contributed by atoms with van der Waals surface area (Å²) in [4.78, 5) is 0. The fraction of sp³-hybridized carbons (Fsp3) is 0.00935. The zero-order valence-corrected chi connectivity index (χ0v) is 55.5. The van der Waals surface area contributed by atoms with Gasteiger partial charge in [-0.25, -0.2) is 0 Å². The van der Waals surface area contributed by atoms with Crippen LogP contribution in [0, 0.1) is 628 Å². The van der Waals surface area contributed by atoms with E-state index in [2.05, 4.69) is 615 Å². The van der Waals surface area contributed by atoms with Crippen molar-refractivity contribution in [1.29, 1.82) is 0 Å². The fourth-order valence-electron chi connectivity index (χ4n) is 3.35. The van der Waals surface area contributed by atoms with Crippen LogP contribution in [-0.2, 0) is 0 Å². The van der Waals surface area contributed by atoms with E-state index in [0.717, 1.165) is 0 Å². The monoisotopic (exact) mass is 1320 g/mol. The molecule has 0 aliphatic rings. The summed E-state index contributed by atoms with van der Waals surface area (Å²) in [5.74, 6) is 252. The Hall–Kier alpha value is -22.9. The van der Waals surface area contributed by atoms with Gasteiger partial charge in [0.25, 0.3) is 0 Å². The Bertz CT molecular complexity index is 7350. The van der Waals surface area contributed by atoms with Gasteiger partial charge in [-0.3, -0.25) is 0 Å². The molecule has 0 bridgehead atoms. The highest BCUT2D eigenvalue weighted by molar-refractivity contribution is 7.72. The average molecular weight is 1320 g/mol. The third-order valence-electron chi connectivity index (χ3n) is 6.71. The van der Waals surface area contributed by atoms with E-state index in [0.29, 0.717) is 0 Å². The molecule has 0 aromatic heterocycles. The highest BCUT2D eigenvalue weighted by Gasteiger charge is 1.92. The van der Waals surface area contributed by atoms with Crippen molar-refractivity contribution in [2.24, 2.45) is 0 Å². The lowest BCUT2D eigenvalue weighted by Gasteiger charge is -1.84. The Morgan fingerprint density at radius 3 is 0.259 bits per heavy atom. The molecule has 0 unspecified atom stereocenters. The molecule has 0 saturated heterocycles. The number of terminal acetylenes is 2. The maximum absolute atomic E-state index is 4.97. The molecular formula is C107H5P. The minimum Gasteiger partial charge on any atom is -0.106 e. The molecule has 0 saturated carbocycles. The zero-order chi connectivity index (χ0) is 77.1. The van der Waals surface area contributed by atoms with Crippen LogP contribution in [0.25, 0.3) is 0 Å². The van der Waals surface area contributed by atoms with E-state index < -0.39 is 7.92 Å². The van der Waals surface area contributed by atoms with Crippen molar-refractivity contribution in [3.63, 3.8) is 0 Å². The van der Waals surface area contributed by atoms with Gasteiger partial charge in [0.2, 0.25) is 0 Å². The molecule has 0 spiro atoms. The highest BCUT2D eigenvalue weighted by atomic mass is 31.1. The van der Waals surface area contributed by atoms with Crippen LogP contribution >= 0.6 is 7.92 Å². The van der Waals surface area contributed by atoms with E-state index >= 15 is 0 Å². The van der Waals surface area contributed by atoms with E-state index in [4.69, 9.17) is 12.8 Å². The largest absolute Gasteiger partial charge is 0.130 e. The summed E-state index contributed by atoms with van der Waals surface area (Å²) in [6, 6.07) is 0. The second-order valence-electron chi connectivity index (χ2n) is 13.5. The molecule has 0 aliphatic carbocycles. The summed E-state index contributed by atoms with van der Waals surface area (Å²) in [6.45, 7) is 1.68. The number of hydrogen-bond acceptors (Lipinski definition) is 0. The molecule has 0 atom stereocenters. The Kier molecular flexibility index (Phi) is 64.7. The first-order valence-corrected chi connectivity index (χ1v) is 28.3. The van der Waals surface area contributed by atoms with E-state index in [-0.39, 0.29) is 0 Å². The van der Waals surface area contributed by atoms with Gasteiger partial charge in [0.15, 0.2) is 0 Å². The molecule has 0 rings (SSSR count). The molecule has 0 aromatic rings. The van der Waals surface area contributed by atoms with Crippen molar-refractivity contribution >= 4 is 7.92 Å². The predicted octanol–water partition coefficient (Wildman–Crippen LogP) is 1.80. The Morgan fingerprint density at radius 1 is 0.102 bits per heavy atom. The summed E-state index contributed by atoms with van der Waals surface area (Å²) >= 11 is 0. The number of hydrogen-bond donors (Lipinski definition) is 0. The third-order valence-corrected chi connectivity index (χ3v) is 7.72. The molecule has 108 heavy (non-hydrogen) atoms. The quantitative estimate of drug-likeness (QED) is 0.257. The van der Waals surface area contributed by atoms with Crippen LogP contribution in [0.1, 0.15) is 6.92 Å². The Labute approximate surface area is 638 Å². The van der Waals surface area contributed by atoms with Crippen molar-refractivity contribution < 1.29 is 0 Å². The first kappa shape index (κ1) is 85.1. The standard InChI is InChI=1S/C107H5P/c1-4-7-10-13-16-19-22-25-28-31-34-37-40-43-46-49-52-55-58-61-64-67-70-73-76-79-82-85-88-91-94-97-100-103-106-108(105-102-99-96-93-90-87-84-81-78-75-72-69-66-63-60-57-54-51-48-45-42-39-36-33-30-27-24-21-18-15-12-9-6-3)107-104-101-98-95-92-89-86-83-80-77-74-71-68-65-62-59-56-53-50-47-44-41-38-35-32-29-26-23-20-17-14-11-8-5-2/h1-2H,3H3. The first-order valence-electron chi connectivity index (χ1n) is 27.0. The molecular weight excluding hydrogens is 1320 g/mol. The molecule has 0 heterocycles. The van der Waals surface area contributed by atoms with Gasteiger partial charge in [-0.2, -0.15) is 0 Å². The minimum absolute atomic E-state index is 1.57. The lowest BCUT2D eigenvalue weighted by molar-refractivity contribution is 1.92. The van der Waals surface area contributed by atoms with Crippen LogP contribution in [0.3, 0.4) is 0 Å². The second kappa shape index (κ2) is 82.1. The van der Waals surface area contributed by atoms with Crippen LogP contribution in [-0.4, -0.2) is 0 Å². The third kappa shape index (κ3) is 79.2. The van der Waals surface area contributed by atoms with E-state index in [9.17, 15) is 0 Å². The van der Waals surface area contributed by atoms with Crippen LogP contribution in [0.5, 0.6) is 0 Å². The van der Waals surface area contributed by atoms with Crippen molar-refractivity contribution in [3.05, 3.63) is 0 Å². The van der Waals surface area contributed by atoms with Crippen molar-refractivity contribution in [1.82, 2.24) is 0 Å². The predicted molar refractivity (Wildman–Crippen MR) is 427 cm³/mol. The molecule has 438 valence electrons. The van der Waals surface area contributed by atoms with Crippen LogP contribution in [0.4, 0.5) is 0 Å². The smallest absolute Gasteiger partial charge is 0.106 e. The van der Waals surface area contributed by atoms with Gasteiger partial charge in [0, 0.05) is 308 Å². The van der Waals surface area contributed by atoms with Gasteiger partial charge < -0.3 is 0 Å². The molecule has 0 nitrogen and oxygen atoms in total. The van der Waals surface area contributed by atoms with Crippen molar-refractivity contribution in [3.8, 4) is 628 Å². The molecule has 0 aromatic carbocycles. The molecule has 0 radical (unpaired) electrons. The number of rotatable bonds is 0. The first-order chi connectivity index (χ1) is 53.8. The van der Waals surface area contributed by atoms with Crippen LogP contribution < -0.4 is 0 Å². The lowest BCUT2D eigenvalue weighted by atomic mass is 10.4. The SMILES string of the molecule is C#CC#CC#CC#CC#CC#CC#CC#CC#CC#CC#CC#CC#CC#CC#CC#CC#CC#CP(C#CC#CC#CC#CC#CC#CC#CC#CC#CC#CC#CC#CC#CC#CC#CC#CC#CC)C#CC#CC#CC#CC#CC#CC#CC#CC#CC#CC#CC#CC#CC#CC#CC#CC#CC#C. The second-order valence-corrected chi connectivity index (χ2v) is 14.8. The summed E-state index contributed by atoms with van der Waals surface area (Å²) in [5.41, 5.74) is 8.56. The maximum Gasteiger partial charge on any atom is 0.130 e. The van der Waals surface area contributed by atoms with E-state index in [1.807, 2.05) is 0 Å². The molecule has 0 N–H and O–H groups in total. The zero-order valence-electron chi connectivity index (χ0n) is 54.6. The van der Waals surface area contributed by atoms with E-state index in [1.54, 1.807) is 6.92 Å². The molecule has 1 heteroatoms. The average Bonchev–Trinajstić information content (AvgIpc) is 1.52. The van der Waals surface area contributed by atoms with Gasteiger partial charge in [0.05, 0.1) is 0 Å². The molecule has 0 aliphatic heterocycles. The lowest BCUT2D eigenvalue weighted by Crippen LogP contribution is -1.62. The van der Waals surface area contributed by atoms with Gasteiger partial charge in [0.1, 0.15) is 7.92 Å². The summed E-state index contributed by atoms with van der Waals surface area (Å²) in [7, 11) is -1.57. The van der Waals surface area contributed by atoms with Crippen molar-refractivity contribution in [2.75, 3.05) is 0 Å². The summed E-state index contributed by atoms with van der Waals surface area (Å²) < 4.78 is 0. The molecule has 0 fully saturated rings. The Balaban J connectivity index is 5.95. The van der Waals surface area contributed by atoms with Gasteiger partial charge in [-0.1, -0.05) is 5.92 Å². The van der Waals surface area contributed by atoms with Crippen LogP contribution in [0.15, 0.2) is 0 Å². The van der Waals surface area contributed by atoms with E-state index in [1.165, 1.54) is 0 Å². The maximum atomic E-state index is 4.97. The normalized spacial score (nSPS) is 4.15. The molecule has 0 amide bonds. The fourth-order valence-corrected chi connectivity index (χ4v) is 4.02. The Morgan fingerprint density at radius 2 is 0.176 bits per heavy atom. The highest BCUT2D eigenvalue weighted by Crippen LogP contribution is 2.29. The summed E-state index contributed by atoms with van der Waals surface area (Å²) in [5, 5.41) is 0. The van der Waals surface area contributed by atoms with Crippen molar-refractivity contribution in [2.45, 2.75) is 6.92 Å². The minimum atomic E-state index is -1.57. The van der Waals surface area contributed by atoms with Gasteiger partial charge >= 0.3 is 0 Å². The van der Waals surface area contributed by atoms with Crippen LogP contribution in [0.2, 0.25) is 0 Å². The topological polar surface area (TPSA) is 0 Å². The summed E-state index contributed by atoms with van der Waals surface area (Å²) in [6.07, 6.45) is 9.93. The van der Waals surface area contributed by atoms with Gasteiger partial charge in [-0.05, 0) is 308 Å².